The Kier molecular flexibility index (Phi) is 3.92. The fraction of sp³-hybridized carbons (Fsp3) is 0.667. The monoisotopic (exact) mass is 270 g/mol. The van der Waals surface area contributed by atoms with Crippen molar-refractivity contribution in [2.75, 3.05) is 0 Å². The van der Waals surface area contributed by atoms with Crippen molar-refractivity contribution in [3.05, 3.63) is 0 Å². The van der Waals surface area contributed by atoms with E-state index in [1.807, 2.05) is 0 Å². The van der Waals surface area contributed by atoms with Crippen LogP contribution in [0.2, 0.25) is 0 Å². The van der Waals surface area contributed by atoms with Gasteiger partial charge < -0.3 is 16.6 Å². The lowest BCUT2D eigenvalue weighted by Crippen LogP contribution is -2.59. The third kappa shape index (κ3) is 2.87. The van der Waals surface area contributed by atoms with E-state index >= 15 is 0 Å². The summed E-state index contributed by atoms with van der Waals surface area (Å²) in [5.41, 5.74) is 7.81. The molecule has 0 saturated heterocycles. The van der Waals surface area contributed by atoms with E-state index in [0.717, 1.165) is 0 Å². The minimum Gasteiger partial charge on any atom is -0.480 e. The highest BCUT2D eigenvalue weighted by Gasteiger charge is 2.50. The second kappa shape index (κ2) is 4.82. The molecule has 0 radical (unpaired) electrons. The van der Waals surface area contributed by atoms with E-state index in [0.29, 0.717) is 0 Å². The highest BCUT2D eigenvalue weighted by Crippen LogP contribution is 2.29. The van der Waals surface area contributed by atoms with Crippen molar-refractivity contribution in [3.63, 3.8) is 0 Å². The van der Waals surface area contributed by atoms with Crippen molar-refractivity contribution >= 4 is 23.3 Å². The molecule has 0 aromatic rings. The summed E-state index contributed by atoms with van der Waals surface area (Å²) in [5.74, 6) is -3.99. The predicted octanol–water partition coefficient (Wildman–Crippen LogP) is -0.987. The zero-order chi connectivity index (χ0) is 15.0. The van der Waals surface area contributed by atoms with Gasteiger partial charge >= 0.3 is 5.97 Å². The fourth-order valence-corrected chi connectivity index (χ4v) is 2.14. The number of nitrogens with two attached hydrogens (primary N) is 2. The summed E-state index contributed by atoms with van der Waals surface area (Å²) >= 11 is 0. The largest absolute Gasteiger partial charge is 0.480 e. The number of hydrogen-bond donors (Lipinski definition) is 3. The Morgan fingerprint density at radius 1 is 1.21 bits per heavy atom. The van der Waals surface area contributed by atoms with Gasteiger partial charge in [-0.15, -0.1) is 0 Å². The van der Waals surface area contributed by atoms with Gasteiger partial charge in [0, 0.05) is 19.3 Å². The Morgan fingerprint density at radius 3 is 2.00 bits per heavy atom. The molecule has 1 aliphatic carbocycles. The summed E-state index contributed by atoms with van der Waals surface area (Å²) in [6.07, 6.45) is -0.392. The van der Waals surface area contributed by atoms with Crippen molar-refractivity contribution in [2.24, 2.45) is 17.4 Å². The van der Waals surface area contributed by atoms with Crippen LogP contribution in [-0.2, 0) is 19.2 Å². The third-order valence-corrected chi connectivity index (χ3v) is 3.48. The fourth-order valence-electron chi connectivity index (χ4n) is 2.14. The molecule has 1 fully saturated rings. The van der Waals surface area contributed by atoms with Gasteiger partial charge in [0.25, 0.3) is 0 Å². The number of carbonyl (C=O) groups is 4. The molecule has 1 rings (SSSR count). The molecule has 1 saturated carbocycles. The van der Waals surface area contributed by atoms with Gasteiger partial charge in [0.05, 0.1) is 5.54 Å². The highest BCUT2D eigenvalue weighted by atomic mass is 16.4. The molecule has 2 atom stereocenters. The molecule has 0 heterocycles. The lowest BCUT2D eigenvalue weighted by atomic mass is 9.77. The zero-order valence-electron chi connectivity index (χ0n) is 10.9. The van der Waals surface area contributed by atoms with E-state index in [9.17, 15) is 19.2 Å². The van der Waals surface area contributed by atoms with Crippen LogP contribution in [0, 0.1) is 5.92 Å². The Bertz CT molecular complexity index is 437. The van der Waals surface area contributed by atoms with Crippen LogP contribution < -0.4 is 11.5 Å². The summed E-state index contributed by atoms with van der Waals surface area (Å²) in [6, 6.07) is 0. The summed E-state index contributed by atoms with van der Waals surface area (Å²) in [4.78, 5) is 46.2. The number of ketones is 3. The van der Waals surface area contributed by atoms with E-state index < -0.39 is 35.2 Å². The lowest BCUT2D eigenvalue weighted by Gasteiger charge is -2.30. The Morgan fingerprint density at radius 2 is 1.63 bits per heavy atom. The van der Waals surface area contributed by atoms with Crippen molar-refractivity contribution in [1.29, 1.82) is 0 Å². The topological polar surface area (TPSA) is 141 Å². The molecule has 106 valence electrons. The first-order valence-electron chi connectivity index (χ1n) is 5.90. The van der Waals surface area contributed by atoms with E-state index in [4.69, 9.17) is 16.6 Å². The maximum atomic E-state index is 12.1. The number of Topliss-reactive ketones (excluding diaryl/α,β-unsaturated/α-hetero) is 3. The first kappa shape index (κ1) is 15.5. The molecule has 7 nitrogen and oxygen atoms in total. The number of hydrogen-bond acceptors (Lipinski definition) is 6. The maximum absolute atomic E-state index is 12.1. The van der Waals surface area contributed by atoms with Crippen LogP contribution in [0.15, 0.2) is 0 Å². The zero-order valence-corrected chi connectivity index (χ0v) is 10.9. The minimum atomic E-state index is -1.78. The Labute approximate surface area is 110 Å². The number of rotatable bonds is 5. The average Bonchev–Trinajstić information content (AvgIpc) is 2.57. The van der Waals surface area contributed by atoms with Crippen molar-refractivity contribution in [1.82, 2.24) is 0 Å². The van der Waals surface area contributed by atoms with E-state index in [2.05, 4.69) is 0 Å². The van der Waals surface area contributed by atoms with Crippen molar-refractivity contribution < 1.29 is 24.3 Å². The summed E-state index contributed by atoms with van der Waals surface area (Å²) in [6.45, 7) is 2.46. The van der Waals surface area contributed by atoms with Crippen LogP contribution in [0.25, 0.3) is 0 Å². The van der Waals surface area contributed by atoms with E-state index in [-0.39, 0.29) is 24.4 Å². The molecule has 1 aliphatic rings. The molecule has 0 aromatic carbocycles. The standard InChI is InChI=1S/C12H18N2O5/c1-11(13,10(18)19)5-8(17)12(2,14)9-6(15)3-4-7(9)16/h9H,3-5,13-14H2,1-2H3,(H,18,19). The Hall–Kier alpha value is -1.60. The summed E-state index contributed by atoms with van der Waals surface area (Å²) < 4.78 is 0. The smallest absolute Gasteiger partial charge is 0.323 e. The van der Waals surface area contributed by atoms with Gasteiger partial charge in [-0.05, 0) is 13.8 Å². The second-order valence-corrected chi connectivity index (χ2v) is 5.47. The second-order valence-electron chi connectivity index (χ2n) is 5.47. The van der Waals surface area contributed by atoms with Crippen LogP contribution in [0.1, 0.15) is 33.1 Å². The first-order chi connectivity index (χ1) is 8.50. The van der Waals surface area contributed by atoms with E-state index in [1.165, 1.54) is 13.8 Å². The van der Waals surface area contributed by atoms with Gasteiger partial charge in [0.2, 0.25) is 0 Å². The molecular formula is C12H18N2O5. The SMILES string of the molecule is CC(N)(CC(=O)C(C)(N)C1C(=O)CCC1=O)C(=O)O. The number of carbonyl (C=O) groups excluding carboxylic acids is 3. The molecule has 7 heteroatoms. The lowest BCUT2D eigenvalue weighted by molar-refractivity contribution is -0.146. The molecule has 0 amide bonds. The Balaban J connectivity index is 2.94. The van der Waals surface area contributed by atoms with Gasteiger partial charge in [0.15, 0.2) is 5.78 Å². The van der Waals surface area contributed by atoms with Crippen LogP contribution in [0.3, 0.4) is 0 Å². The highest BCUT2D eigenvalue weighted by molar-refractivity contribution is 6.14. The summed E-state index contributed by atoms with van der Waals surface area (Å²) in [5, 5.41) is 8.87. The predicted molar refractivity (Wildman–Crippen MR) is 65.2 cm³/mol. The molecular weight excluding hydrogens is 252 g/mol. The quantitative estimate of drug-likeness (QED) is 0.545. The van der Waals surface area contributed by atoms with Gasteiger partial charge in [-0.3, -0.25) is 19.2 Å². The summed E-state index contributed by atoms with van der Waals surface area (Å²) in [7, 11) is 0. The van der Waals surface area contributed by atoms with Gasteiger partial charge in [-0.1, -0.05) is 0 Å². The molecule has 0 bridgehead atoms. The van der Waals surface area contributed by atoms with Crippen molar-refractivity contribution in [2.45, 2.75) is 44.2 Å². The number of carboxylic acid groups (broad SMARTS) is 1. The number of aliphatic carboxylic acids is 1. The minimum absolute atomic E-state index is 0.0718. The number of carboxylic acids is 1. The van der Waals surface area contributed by atoms with Crippen LogP contribution in [0.5, 0.6) is 0 Å². The average molecular weight is 270 g/mol. The first-order valence-corrected chi connectivity index (χ1v) is 5.90. The van der Waals surface area contributed by atoms with Gasteiger partial charge in [-0.2, -0.15) is 0 Å². The molecule has 0 aromatic heterocycles. The maximum Gasteiger partial charge on any atom is 0.323 e. The van der Waals surface area contributed by atoms with Crippen LogP contribution in [0.4, 0.5) is 0 Å². The van der Waals surface area contributed by atoms with Gasteiger partial charge in [-0.25, -0.2) is 0 Å². The molecule has 2 unspecified atom stereocenters. The molecule has 5 N–H and O–H groups in total. The van der Waals surface area contributed by atoms with Crippen molar-refractivity contribution in [3.8, 4) is 0 Å². The van der Waals surface area contributed by atoms with E-state index in [1.54, 1.807) is 0 Å². The van der Waals surface area contributed by atoms with Crippen LogP contribution in [-0.4, -0.2) is 39.5 Å². The third-order valence-electron chi connectivity index (χ3n) is 3.48. The molecule has 0 aliphatic heterocycles. The molecule has 0 spiro atoms. The normalized spacial score (nSPS) is 22.9. The van der Waals surface area contributed by atoms with Gasteiger partial charge in [0.1, 0.15) is 23.0 Å². The van der Waals surface area contributed by atoms with Crippen LogP contribution >= 0.6 is 0 Å². The molecule has 19 heavy (non-hydrogen) atoms.